The van der Waals surface area contributed by atoms with Gasteiger partial charge in [0.2, 0.25) is 0 Å². The first kappa shape index (κ1) is 32.2. The number of carbonyl (C=O) groups excluding carboxylic acids is 5. The van der Waals surface area contributed by atoms with Crippen LogP contribution in [0.1, 0.15) is 61.8 Å². The second kappa shape index (κ2) is 16.8. The summed E-state index contributed by atoms with van der Waals surface area (Å²) < 4.78 is 0. The molecule has 0 aromatic carbocycles. The molecule has 8 heteroatoms. The van der Waals surface area contributed by atoms with E-state index in [1.807, 2.05) is 56.2 Å². The fraction of sp³-hybridized carbons (Fsp3) is 0.808. The smallest absolute Gasteiger partial charge is 0.149 e. The normalized spacial score (nSPS) is 11.9. The molecular formula is C26H47N3O5. The molecule has 0 unspecified atom stereocenters. The van der Waals surface area contributed by atoms with E-state index in [1.165, 1.54) is 6.92 Å². The molecule has 0 spiro atoms. The monoisotopic (exact) mass is 481 g/mol. The summed E-state index contributed by atoms with van der Waals surface area (Å²) in [6.45, 7) is 17.4. The van der Waals surface area contributed by atoms with Gasteiger partial charge in [-0.25, -0.2) is 0 Å². The van der Waals surface area contributed by atoms with Crippen molar-refractivity contribution in [1.82, 2.24) is 14.7 Å². The van der Waals surface area contributed by atoms with Crippen molar-refractivity contribution < 1.29 is 24.0 Å². The summed E-state index contributed by atoms with van der Waals surface area (Å²) in [4.78, 5) is 66.6. The second-order valence-corrected chi connectivity index (χ2v) is 10.2. The lowest BCUT2D eigenvalue weighted by molar-refractivity contribution is -0.127. The average molecular weight is 482 g/mol. The second-order valence-electron chi connectivity index (χ2n) is 10.2. The molecule has 0 N–H and O–H groups in total. The summed E-state index contributed by atoms with van der Waals surface area (Å²) in [5.41, 5.74) is 0. The molecule has 0 atom stereocenters. The maximum atomic E-state index is 12.3. The first-order valence-corrected chi connectivity index (χ1v) is 12.5. The minimum absolute atomic E-state index is 0.0116. The third-order valence-corrected chi connectivity index (χ3v) is 5.78. The van der Waals surface area contributed by atoms with Gasteiger partial charge in [0.1, 0.15) is 28.9 Å². The maximum Gasteiger partial charge on any atom is 0.149 e. The standard InChI is InChI=1S/C26H47N3O5/c1-9-23(31)15-28(16-24(32)19(2)3)12-10-27(14-22(8)30)11-13-29(17-25(33)20(4)5)18-26(34)21(6)7/h19-21H,9-18H2,1-8H3. The Bertz CT molecular complexity index is 666. The summed E-state index contributed by atoms with van der Waals surface area (Å²) in [7, 11) is 0. The molecule has 0 aliphatic rings. The van der Waals surface area contributed by atoms with Crippen LogP contribution in [-0.4, -0.2) is 103 Å². The van der Waals surface area contributed by atoms with Crippen molar-refractivity contribution in [2.75, 3.05) is 58.9 Å². The van der Waals surface area contributed by atoms with Crippen LogP contribution in [0.3, 0.4) is 0 Å². The minimum Gasteiger partial charge on any atom is -0.299 e. The van der Waals surface area contributed by atoms with Crippen LogP contribution in [0.4, 0.5) is 0 Å². The number of nitrogens with zero attached hydrogens (tertiary/aromatic N) is 3. The number of hydrogen-bond acceptors (Lipinski definition) is 8. The van der Waals surface area contributed by atoms with Gasteiger partial charge in [-0.1, -0.05) is 48.5 Å². The third kappa shape index (κ3) is 14.5. The lowest BCUT2D eigenvalue weighted by atomic mass is 10.1. The van der Waals surface area contributed by atoms with E-state index in [1.54, 1.807) is 6.92 Å². The molecule has 196 valence electrons. The van der Waals surface area contributed by atoms with E-state index in [0.717, 1.165) is 0 Å². The van der Waals surface area contributed by atoms with Crippen LogP contribution in [0.5, 0.6) is 0 Å². The number of rotatable bonds is 20. The number of hydrogen-bond donors (Lipinski definition) is 0. The molecule has 8 nitrogen and oxygen atoms in total. The molecule has 0 bridgehead atoms. The van der Waals surface area contributed by atoms with Crippen molar-refractivity contribution in [3.63, 3.8) is 0 Å². The van der Waals surface area contributed by atoms with E-state index in [9.17, 15) is 24.0 Å². The molecule has 0 saturated heterocycles. The molecule has 0 rings (SSSR count). The Morgan fingerprint density at radius 3 is 1.15 bits per heavy atom. The predicted molar refractivity (Wildman–Crippen MR) is 135 cm³/mol. The molecule has 0 fully saturated rings. The lowest BCUT2D eigenvalue weighted by Gasteiger charge is -2.29. The van der Waals surface area contributed by atoms with Gasteiger partial charge in [-0.2, -0.15) is 0 Å². The van der Waals surface area contributed by atoms with Crippen molar-refractivity contribution in [1.29, 1.82) is 0 Å². The van der Waals surface area contributed by atoms with Crippen LogP contribution in [0.15, 0.2) is 0 Å². The summed E-state index contributed by atoms with van der Waals surface area (Å²) in [6, 6.07) is 0. The van der Waals surface area contributed by atoms with Crippen molar-refractivity contribution in [3.05, 3.63) is 0 Å². The molecule has 0 radical (unpaired) electrons. The quantitative estimate of drug-likeness (QED) is 0.261. The Kier molecular flexibility index (Phi) is 15.9. The van der Waals surface area contributed by atoms with Crippen molar-refractivity contribution in [2.45, 2.75) is 61.8 Å². The summed E-state index contributed by atoms with van der Waals surface area (Å²) in [6.07, 6.45) is 0.409. The van der Waals surface area contributed by atoms with E-state index in [0.29, 0.717) is 32.6 Å². The zero-order valence-corrected chi connectivity index (χ0v) is 22.7. The third-order valence-electron chi connectivity index (χ3n) is 5.78. The van der Waals surface area contributed by atoms with E-state index in [4.69, 9.17) is 0 Å². The zero-order chi connectivity index (χ0) is 26.4. The first-order chi connectivity index (χ1) is 15.8. The molecule has 34 heavy (non-hydrogen) atoms. The van der Waals surface area contributed by atoms with Gasteiger partial charge in [0.25, 0.3) is 0 Å². The SMILES string of the molecule is CCC(=O)CN(CCN(CCN(CC(=O)C(C)C)CC(=O)C(C)C)CC(C)=O)CC(=O)C(C)C. The van der Waals surface area contributed by atoms with Gasteiger partial charge in [0.05, 0.1) is 32.7 Å². The first-order valence-electron chi connectivity index (χ1n) is 12.5. The maximum absolute atomic E-state index is 12.3. The van der Waals surface area contributed by atoms with Crippen LogP contribution in [0, 0.1) is 17.8 Å². The predicted octanol–water partition coefficient (Wildman–Crippen LogP) is 2.14. The highest BCUT2D eigenvalue weighted by Gasteiger charge is 2.21. The van der Waals surface area contributed by atoms with Gasteiger partial charge in [0.15, 0.2) is 0 Å². The van der Waals surface area contributed by atoms with Crippen LogP contribution >= 0.6 is 0 Å². The number of Topliss-reactive ketones (excluding diaryl/α,β-unsaturated/α-hetero) is 5. The number of carbonyl (C=O) groups is 5. The van der Waals surface area contributed by atoms with E-state index in [2.05, 4.69) is 0 Å². The Morgan fingerprint density at radius 2 is 0.853 bits per heavy atom. The van der Waals surface area contributed by atoms with Crippen LogP contribution < -0.4 is 0 Å². The van der Waals surface area contributed by atoms with Gasteiger partial charge in [-0.05, 0) is 6.92 Å². The van der Waals surface area contributed by atoms with E-state index < -0.39 is 0 Å². The topological polar surface area (TPSA) is 95.1 Å². The number of ketones is 5. The highest BCUT2D eigenvalue weighted by molar-refractivity contribution is 5.85. The average Bonchev–Trinajstić information content (AvgIpc) is 2.74. The molecule has 0 saturated carbocycles. The van der Waals surface area contributed by atoms with Gasteiger partial charge in [-0.3, -0.25) is 38.7 Å². The minimum atomic E-state index is -0.117. The Balaban J connectivity index is 5.30. The highest BCUT2D eigenvalue weighted by Crippen LogP contribution is 2.05. The Hall–Kier alpha value is -1.77. The molecule has 0 amide bonds. The molecule has 0 aliphatic heterocycles. The fourth-order valence-corrected chi connectivity index (χ4v) is 3.15. The van der Waals surface area contributed by atoms with E-state index in [-0.39, 0.29) is 79.4 Å². The van der Waals surface area contributed by atoms with Crippen LogP contribution in [-0.2, 0) is 24.0 Å². The summed E-state index contributed by atoms with van der Waals surface area (Å²) in [5.74, 6) is -0.0399. The Labute approximate surface area is 206 Å². The highest BCUT2D eigenvalue weighted by atomic mass is 16.1. The lowest BCUT2D eigenvalue weighted by Crippen LogP contribution is -2.46. The van der Waals surface area contributed by atoms with E-state index >= 15 is 0 Å². The largest absolute Gasteiger partial charge is 0.299 e. The molecule has 0 aliphatic carbocycles. The van der Waals surface area contributed by atoms with Crippen molar-refractivity contribution in [2.24, 2.45) is 17.8 Å². The van der Waals surface area contributed by atoms with Crippen LogP contribution in [0.25, 0.3) is 0 Å². The van der Waals surface area contributed by atoms with Crippen molar-refractivity contribution in [3.8, 4) is 0 Å². The molecular weight excluding hydrogens is 434 g/mol. The molecule has 0 heterocycles. The van der Waals surface area contributed by atoms with Crippen LogP contribution in [0.2, 0.25) is 0 Å². The summed E-state index contributed by atoms with van der Waals surface area (Å²) >= 11 is 0. The van der Waals surface area contributed by atoms with Crippen molar-refractivity contribution >= 4 is 28.9 Å². The zero-order valence-electron chi connectivity index (χ0n) is 22.7. The molecule has 0 aromatic heterocycles. The van der Waals surface area contributed by atoms with Gasteiger partial charge >= 0.3 is 0 Å². The Morgan fingerprint density at radius 1 is 0.529 bits per heavy atom. The van der Waals surface area contributed by atoms with Gasteiger partial charge < -0.3 is 0 Å². The van der Waals surface area contributed by atoms with Gasteiger partial charge in [-0.15, -0.1) is 0 Å². The summed E-state index contributed by atoms with van der Waals surface area (Å²) in [5, 5.41) is 0. The fourth-order valence-electron chi connectivity index (χ4n) is 3.15. The molecule has 0 aromatic rings. The van der Waals surface area contributed by atoms with Gasteiger partial charge in [0, 0.05) is 50.4 Å².